The van der Waals surface area contributed by atoms with Crippen LogP contribution in [0.15, 0.2) is 30.3 Å². The number of aromatic nitrogens is 2. The van der Waals surface area contributed by atoms with Crippen molar-refractivity contribution in [3.05, 3.63) is 40.9 Å². The maximum Gasteiger partial charge on any atom is 0.226 e. The number of hydrogen-bond donors (Lipinski definition) is 1. The van der Waals surface area contributed by atoms with Gasteiger partial charge in [0.2, 0.25) is 16.9 Å². The minimum absolute atomic E-state index is 0.0658. The average molecular weight is 415 g/mol. The third kappa shape index (κ3) is 6.92. The lowest BCUT2D eigenvalue weighted by Gasteiger charge is -2.32. The van der Waals surface area contributed by atoms with Crippen LogP contribution < -0.4 is 5.32 Å². The zero-order valence-electron chi connectivity index (χ0n) is 17.3. The lowest BCUT2D eigenvalue weighted by Crippen LogP contribution is -2.39. The average Bonchev–Trinajstić information content (AvgIpc) is 3.13. The SMILES string of the molecule is CC(C)Cc1nnc(NC(=O)CCC(=O)N2CCC(Cc3ccccc3)CC2)s1. The number of nitrogens with zero attached hydrogens (tertiary/aromatic N) is 3. The minimum Gasteiger partial charge on any atom is -0.343 e. The molecule has 6 nitrogen and oxygen atoms in total. The van der Waals surface area contributed by atoms with Gasteiger partial charge in [0.15, 0.2) is 0 Å². The molecule has 1 aromatic carbocycles. The number of anilines is 1. The van der Waals surface area contributed by atoms with E-state index in [-0.39, 0.29) is 24.7 Å². The molecule has 1 aromatic heterocycles. The Balaban J connectivity index is 1.36. The van der Waals surface area contributed by atoms with Crippen molar-refractivity contribution < 1.29 is 9.59 Å². The molecule has 0 atom stereocenters. The first kappa shape index (κ1) is 21.4. The molecule has 0 saturated carbocycles. The quantitative estimate of drug-likeness (QED) is 0.710. The molecular weight excluding hydrogens is 384 g/mol. The first-order valence-corrected chi connectivity index (χ1v) is 11.2. The topological polar surface area (TPSA) is 75.2 Å². The van der Waals surface area contributed by atoms with Crippen LogP contribution in [0, 0.1) is 11.8 Å². The Labute approximate surface area is 176 Å². The molecule has 0 spiro atoms. The number of nitrogens with one attached hydrogen (secondary N) is 1. The highest BCUT2D eigenvalue weighted by Gasteiger charge is 2.23. The molecule has 7 heteroatoms. The maximum absolute atomic E-state index is 12.5. The Morgan fingerprint density at radius 3 is 2.55 bits per heavy atom. The molecule has 0 bridgehead atoms. The van der Waals surface area contributed by atoms with Gasteiger partial charge in [0.05, 0.1) is 0 Å². The van der Waals surface area contributed by atoms with Crippen LogP contribution in [0.2, 0.25) is 0 Å². The molecular formula is C22H30N4O2S. The van der Waals surface area contributed by atoms with Crippen molar-refractivity contribution in [2.45, 2.75) is 52.4 Å². The van der Waals surface area contributed by atoms with Gasteiger partial charge in [-0.15, -0.1) is 10.2 Å². The van der Waals surface area contributed by atoms with Gasteiger partial charge in [0.25, 0.3) is 0 Å². The fourth-order valence-electron chi connectivity index (χ4n) is 3.63. The van der Waals surface area contributed by atoms with Crippen LogP contribution in [0.4, 0.5) is 5.13 Å². The lowest BCUT2D eigenvalue weighted by molar-refractivity contribution is -0.134. The minimum atomic E-state index is -0.176. The van der Waals surface area contributed by atoms with Gasteiger partial charge in [-0.2, -0.15) is 0 Å². The second-order valence-corrected chi connectivity index (χ2v) is 9.22. The summed E-state index contributed by atoms with van der Waals surface area (Å²) in [6.45, 7) is 5.81. The monoisotopic (exact) mass is 414 g/mol. The predicted molar refractivity (Wildman–Crippen MR) is 116 cm³/mol. The van der Waals surface area contributed by atoms with Crippen molar-refractivity contribution in [1.82, 2.24) is 15.1 Å². The molecule has 29 heavy (non-hydrogen) atoms. The summed E-state index contributed by atoms with van der Waals surface area (Å²) >= 11 is 1.40. The summed E-state index contributed by atoms with van der Waals surface area (Å²) in [5.74, 6) is 1.02. The van der Waals surface area contributed by atoms with E-state index >= 15 is 0 Å². The van der Waals surface area contributed by atoms with Gasteiger partial charge in [-0.1, -0.05) is 55.5 Å². The molecule has 156 valence electrons. The first-order chi connectivity index (χ1) is 14.0. The molecule has 3 rings (SSSR count). The Kier molecular flexibility index (Phi) is 7.75. The van der Waals surface area contributed by atoms with Gasteiger partial charge in [-0.05, 0) is 36.7 Å². The van der Waals surface area contributed by atoms with Gasteiger partial charge in [0, 0.05) is 32.4 Å². The summed E-state index contributed by atoms with van der Waals surface area (Å²) in [6, 6.07) is 10.5. The third-order valence-electron chi connectivity index (χ3n) is 5.20. The van der Waals surface area contributed by atoms with Crippen molar-refractivity contribution in [2.75, 3.05) is 18.4 Å². The molecule has 0 radical (unpaired) electrons. The van der Waals surface area contributed by atoms with E-state index in [0.29, 0.717) is 17.0 Å². The number of piperidine rings is 1. The Bertz CT molecular complexity index is 798. The van der Waals surface area contributed by atoms with Crippen molar-refractivity contribution in [3.63, 3.8) is 0 Å². The summed E-state index contributed by atoms with van der Waals surface area (Å²) in [5.41, 5.74) is 1.36. The van der Waals surface area contributed by atoms with Gasteiger partial charge >= 0.3 is 0 Å². The van der Waals surface area contributed by atoms with Crippen LogP contribution in [-0.2, 0) is 22.4 Å². The van der Waals surface area contributed by atoms with Gasteiger partial charge in [0.1, 0.15) is 5.01 Å². The number of hydrogen-bond acceptors (Lipinski definition) is 5. The molecule has 2 aromatic rings. The van der Waals surface area contributed by atoms with Gasteiger partial charge in [-0.25, -0.2) is 0 Å². The summed E-state index contributed by atoms with van der Waals surface area (Å²) in [6.07, 6.45) is 4.40. The fraction of sp³-hybridized carbons (Fsp3) is 0.545. The molecule has 1 aliphatic heterocycles. The number of rotatable bonds is 8. The van der Waals surface area contributed by atoms with Gasteiger partial charge < -0.3 is 10.2 Å². The van der Waals surface area contributed by atoms with Crippen molar-refractivity contribution in [2.24, 2.45) is 11.8 Å². The molecule has 1 saturated heterocycles. The van der Waals surface area contributed by atoms with E-state index < -0.39 is 0 Å². The smallest absolute Gasteiger partial charge is 0.226 e. The number of likely N-dealkylation sites (tertiary alicyclic amines) is 1. The van der Waals surface area contributed by atoms with Crippen LogP contribution in [0.1, 0.15) is 50.1 Å². The molecule has 2 heterocycles. The van der Waals surface area contributed by atoms with Crippen LogP contribution in [0.3, 0.4) is 0 Å². The molecule has 1 fully saturated rings. The van der Waals surface area contributed by atoms with E-state index in [2.05, 4.69) is 53.6 Å². The number of carbonyl (C=O) groups excluding carboxylic acids is 2. The molecule has 1 aliphatic rings. The third-order valence-corrected chi connectivity index (χ3v) is 6.06. The van der Waals surface area contributed by atoms with E-state index in [4.69, 9.17) is 0 Å². The molecule has 1 N–H and O–H groups in total. The van der Waals surface area contributed by atoms with E-state index in [0.717, 1.165) is 43.8 Å². The van der Waals surface area contributed by atoms with E-state index in [9.17, 15) is 9.59 Å². The number of amides is 2. The first-order valence-electron chi connectivity index (χ1n) is 10.4. The van der Waals surface area contributed by atoms with Crippen molar-refractivity contribution in [3.8, 4) is 0 Å². The zero-order valence-corrected chi connectivity index (χ0v) is 18.1. The van der Waals surface area contributed by atoms with E-state index in [1.165, 1.54) is 16.9 Å². The second-order valence-electron chi connectivity index (χ2n) is 8.16. The molecule has 0 aliphatic carbocycles. The van der Waals surface area contributed by atoms with Crippen LogP contribution >= 0.6 is 11.3 Å². The van der Waals surface area contributed by atoms with Crippen LogP contribution in [0.25, 0.3) is 0 Å². The number of carbonyl (C=O) groups is 2. The molecule has 0 unspecified atom stereocenters. The number of benzene rings is 1. The summed E-state index contributed by atoms with van der Waals surface area (Å²) in [4.78, 5) is 26.5. The highest BCUT2D eigenvalue weighted by atomic mass is 32.1. The highest BCUT2D eigenvalue weighted by Crippen LogP contribution is 2.22. The normalized spacial score (nSPS) is 14.9. The van der Waals surface area contributed by atoms with E-state index in [1.807, 2.05) is 11.0 Å². The fourth-order valence-corrected chi connectivity index (χ4v) is 4.60. The van der Waals surface area contributed by atoms with Crippen molar-refractivity contribution >= 4 is 28.3 Å². The standard InChI is InChI=1S/C22H30N4O2S/c1-16(2)14-20-24-25-22(29-20)23-19(27)8-9-21(28)26-12-10-18(11-13-26)15-17-6-4-3-5-7-17/h3-7,16,18H,8-15H2,1-2H3,(H,23,25,27). The summed E-state index contributed by atoms with van der Waals surface area (Å²) < 4.78 is 0. The highest BCUT2D eigenvalue weighted by molar-refractivity contribution is 7.15. The maximum atomic E-state index is 12.5. The lowest BCUT2D eigenvalue weighted by atomic mass is 9.90. The Morgan fingerprint density at radius 1 is 1.14 bits per heavy atom. The zero-order chi connectivity index (χ0) is 20.6. The Hall–Kier alpha value is -2.28. The molecule has 2 amide bonds. The van der Waals surface area contributed by atoms with Crippen LogP contribution in [-0.4, -0.2) is 40.0 Å². The summed E-state index contributed by atoms with van der Waals surface area (Å²) in [7, 11) is 0. The second kappa shape index (κ2) is 10.5. The van der Waals surface area contributed by atoms with Crippen molar-refractivity contribution in [1.29, 1.82) is 0 Å². The van der Waals surface area contributed by atoms with E-state index in [1.54, 1.807) is 0 Å². The summed E-state index contributed by atoms with van der Waals surface area (Å²) in [5, 5.41) is 12.3. The van der Waals surface area contributed by atoms with Gasteiger partial charge in [-0.3, -0.25) is 9.59 Å². The van der Waals surface area contributed by atoms with Crippen LogP contribution in [0.5, 0.6) is 0 Å². The largest absolute Gasteiger partial charge is 0.343 e. The Morgan fingerprint density at radius 2 is 1.86 bits per heavy atom. The predicted octanol–water partition coefficient (Wildman–Crippen LogP) is 3.94.